The van der Waals surface area contributed by atoms with E-state index < -0.39 is 11.7 Å². The number of pyridine rings is 1. The van der Waals surface area contributed by atoms with Gasteiger partial charge in [-0.15, -0.1) is 0 Å². The van der Waals surface area contributed by atoms with E-state index >= 15 is 0 Å². The van der Waals surface area contributed by atoms with Crippen molar-refractivity contribution in [2.24, 2.45) is 0 Å². The first kappa shape index (κ1) is 29.6. The summed E-state index contributed by atoms with van der Waals surface area (Å²) in [5.41, 5.74) is 4.56. The quantitative estimate of drug-likeness (QED) is 0.175. The number of ether oxygens (including phenoxy) is 1. The fourth-order valence-corrected chi connectivity index (χ4v) is 4.80. The van der Waals surface area contributed by atoms with Crippen molar-refractivity contribution >= 4 is 34.3 Å². The van der Waals surface area contributed by atoms with E-state index in [4.69, 9.17) is 9.15 Å². The van der Waals surface area contributed by atoms with Crippen molar-refractivity contribution in [1.29, 1.82) is 0 Å². The number of carbonyl (C=O) groups excluding carboxylic acids is 2. The average Bonchev–Trinajstić information content (AvgIpc) is 3.45. The maximum absolute atomic E-state index is 14.0. The number of nitrogens with zero attached hydrogens (tertiary/aromatic N) is 3. The van der Waals surface area contributed by atoms with Crippen molar-refractivity contribution in [3.05, 3.63) is 115 Å². The molecule has 0 spiro atoms. The molecule has 0 saturated heterocycles. The van der Waals surface area contributed by atoms with Crippen LogP contribution in [0.25, 0.3) is 22.1 Å². The molecule has 0 aliphatic heterocycles. The van der Waals surface area contributed by atoms with Crippen molar-refractivity contribution < 1.29 is 18.7 Å². The van der Waals surface area contributed by atoms with Crippen LogP contribution >= 0.6 is 0 Å². The third-order valence-corrected chi connectivity index (χ3v) is 7.01. The number of furan rings is 1. The summed E-state index contributed by atoms with van der Waals surface area (Å²) in [6, 6.07) is 28.9. The molecule has 2 heterocycles. The van der Waals surface area contributed by atoms with Gasteiger partial charge in [0.05, 0.1) is 6.54 Å². The molecular formula is C36H37N3O4. The molecule has 5 aromatic rings. The summed E-state index contributed by atoms with van der Waals surface area (Å²) >= 11 is 0. The molecule has 0 radical (unpaired) electrons. The number of carbonyl (C=O) groups is 2. The van der Waals surface area contributed by atoms with E-state index in [1.165, 1.54) is 0 Å². The van der Waals surface area contributed by atoms with Crippen LogP contribution < -0.4 is 9.80 Å². The largest absolute Gasteiger partial charge is 0.451 e. The second kappa shape index (κ2) is 12.9. The topological polar surface area (TPSA) is 75.9 Å². The first-order valence-corrected chi connectivity index (χ1v) is 14.6. The molecule has 0 bridgehead atoms. The van der Waals surface area contributed by atoms with E-state index in [1.807, 2.05) is 106 Å². The average molecular weight is 576 g/mol. The second-order valence-corrected chi connectivity index (χ2v) is 11.5. The number of unbranched alkanes of at least 4 members (excludes halogenated alkanes) is 1. The predicted molar refractivity (Wildman–Crippen MR) is 171 cm³/mol. The van der Waals surface area contributed by atoms with Gasteiger partial charge in [-0.2, -0.15) is 0 Å². The number of hydrogen-bond acceptors (Lipinski definition) is 5. The van der Waals surface area contributed by atoms with Crippen LogP contribution in [0, 0.1) is 0 Å². The van der Waals surface area contributed by atoms with E-state index in [0.29, 0.717) is 30.0 Å². The molecule has 0 atom stereocenters. The number of aromatic nitrogens is 1. The minimum atomic E-state index is -0.607. The number of fused-ring (bicyclic) bond motifs is 1. The molecule has 43 heavy (non-hydrogen) atoms. The Balaban J connectivity index is 1.46. The lowest BCUT2D eigenvalue weighted by Crippen LogP contribution is -2.37. The van der Waals surface area contributed by atoms with Gasteiger partial charge in [0.25, 0.3) is 5.91 Å². The number of rotatable bonds is 9. The Hall–Kier alpha value is -4.91. The summed E-state index contributed by atoms with van der Waals surface area (Å²) in [5, 5.41) is 0.867. The first-order valence-electron chi connectivity index (χ1n) is 14.6. The van der Waals surface area contributed by atoms with Crippen molar-refractivity contribution in [3.63, 3.8) is 0 Å². The van der Waals surface area contributed by atoms with Crippen LogP contribution in [0.5, 0.6) is 0 Å². The van der Waals surface area contributed by atoms with Crippen LogP contribution in [-0.4, -0.2) is 29.1 Å². The summed E-state index contributed by atoms with van der Waals surface area (Å²) in [7, 11) is 0. The fraction of sp³-hybridized carbons (Fsp3) is 0.250. The van der Waals surface area contributed by atoms with Gasteiger partial charge in [0.2, 0.25) is 0 Å². The lowest BCUT2D eigenvalue weighted by molar-refractivity contribution is 0.0579. The number of anilines is 2. The van der Waals surface area contributed by atoms with Gasteiger partial charge in [-0.05, 0) is 92.4 Å². The highest BCUT2D eigenvalue weighted by atomic mass is 16.6. The Labute approximate surface area is 252 Å². The van der Waals surface area contributed by atoms with Crippen molar-refractivity contribution in [3.8, 4) is 11.1 Å². The van der Waals surface area contributed by atoms with Gasteiger partial charge < -0.3 is 14.1 Å². The number of hydrogen-bond donors (Lipinski definition) is 0. The minimum absolute atomic E-state index is 0.253. The Bertz CT molecular complexity index is 1640. The van der Waals surface area contributed by atoms with Crippen LogP contribution in [0.1, 0.15) is 56.7 Å². The summed E-state index contributed by atoms with van der Waals surface area (Å²) < 4.78 is 11.6. The zero-order valence-corrected chi connectivity index (χ0v) is 25.1. The Morgan fingerprint density at radius 2 is 1.44 bits per heavy atom. The first-order chi connectivity index (χ1) is 20.7. The number of para-hydroxylation sites is 1. The summed E-state index contributed by atoms with van der Waals surface area (Å²) in [4.78, 5) is 34.5. The zero-order valence-electron chi connectivity index (χ0n) is 25.1. The molecule has 5 rings (SSSR count). The van der Waals surface area contributed by atoms with Crippen molar-refractivity contribution in [1.82, 2.24) is 4.98 Å². The van der Waals surface area contributed by atoms with Crippen LogP contribution in [0.3, 0.4) is 0 Å². The van der Waals surface area contributed by atoms with Crippen LogP contribution in [0.4, 0.5) is 16.2 Å². The summed E-state index contributed by atoms with van der Waals surface area (Å²) in [6.07, 6.45) is 4.93. The SMILES string of the molecule is CCCCN(C(=O)OC(C)(C)C)c1ccc(N(Cc2ccc(-c3ccncc3)cc2)C(=O)c2cc3ccccc3o2)cc1. The summed E-state index contributed by atoms with van der Waals surface area (Å²) in [6.45, 7) is 8.53. The van der Waals surface area contributed by atoms with Crippen LogP contribution in [-0.2, 0) is 11.3 Å². The van der Waals surface area contributed by atoms with Crippen molar-refractivity contribution in [2.45, 2.75) is 52.7 Å². The lowest BCUT2D eigenvalue weighted by Gasteiger charge is -2.28. The molecule has 0 unspecified atom stereocenters. The maximum Gasteiger partial charge on any atom is 0.414 e. The normalized spacial score (nSPS) is 11.3. The van der Waals surface area contributed by atoms with Gasteiger partial charge in [-0.3, -0.25) is 14.7 Å². The molecule has 2 amide bonds. The molecule has 2 aromatic heterocycles. The lowest BCUT2D eigenvalue weighted by atomic mass is 10.0. The smallest absolute Gasteiger partial charge is 0.414 e. The van der Waals surface area contributed by atoms with E-state index in [9.17, 15) is 9.59 Å². The van der Waals surface area contributed by atoms with Crippen LogP contribution in [0.2, 0.25) is 0 Å². The monoisotopic (exact) mass is 575 g/mol. The molecule has 0 N–H and O–H groups in total. The number of benzene rings is 3. The highest BCUT2D eigenvalue weighted by Crippen LogP contribution is 2.28. The molecule has 0 aliphatic rings. The Morgan fingerprint density at radius 1 is 0.814 bits per heavy atom. The standard InChI is InChI=1S/C36H37N3O4/c1-5-6-23-38(35(41)43-36(2,3)4)30-15-17-31(18-16-30)39(34(40)33-24-29-9-7-8-10-32(29)42-33)25-26-11-13-27(14-12-26)28-19-21-37-22-20-28/h7-22,24H,5-6,23,25H2,1-4H3. The van der Waals surface area contributed by atoms with E-state index in [2.05, 4.69) is 11.9 Å². The highest BCUT2D eigenvalue weighted by molar-refractivity contribution is 6.06. The third kappa shape index (κ3) is 7.30. The van der Waals surface area contributed by atoms with Crippen molar-refractivity contribution in [2.75, 3.05) is 16.3 Å². The molecule has 0 saturated carbocycles. The maximum atomic E-state index is 14.0. The minimum Gasteiger partial charge on any atom is -0.451 e. The van der Waals surface area contributed by atoms with E-state index in [-0.39, 0.29) is 11.7 Å². The number of amides is 2. The Kier molecular flexibility index (Phi) is 8.90. The molecule has 3 aromatic carbocycles. The third-order valence-electron chi connectivity index (χ3n) is 7.01. The van der Waals surface area contributed by atoms with Gasteiger partial charge in [0.15, 0.2) is 5.76 Å². The molecule has 7 heteroatoms. The zero-order chi connectivity index (χ0) is 30.4. The fourth-order valence-electron chi connectivity index (χ4n) is 4.80. The van der Waals surface area contributed by atoms with Gasteiger partial charge in [0.1, 0.15) is 11.2 Å². The van der Waals surface area contributed by atoms with Crippen LogP contribution in [0.15, 0.2) is 108 Å². The Morgan fingerprint density at radius 3 is 2.07 bits per heavy atom. The van der Waals surface area contributed by atoms with E-state index in [0.717, 1.165) is 34.9 Å². The molecular weight excluding hydrogens is 538 g/mol. The predicted octanol–water partition coefficient (Wildman–Crippen LogP) is 8.88. The second-order valence-electron chi connectivity index (χ2n) is 11.5. The van der Waals surface area contributed by atoms with E-state index in [1.54, 1.807) is 28.3 Å². The summed E-state index contributed by atoms with van der Waals surface area (Å²) in [5.74, 6) is 0.00847. The van der Waals surface area contributed by atoms with Gasteiger partial charge in [0, 0.05) is 35.7 Å². The molecule has 0 aliphatic carbocycles. The van der Waals surface area contributed by atoms with Gasteiger partial charge in [-0.25, -0.2) is 4.79 Å². The van der Waals surface area contributed by atoms with Gasteiger partial charge in [-0.1, -0.05) is 55.8 Å². The van der Waals surface area contributed by atoms with Gasteiger partial charge >= 0.3 is 6.09 Å². The molecule has 220 valence electrons. The highest BCUT2D eigenvalue weighted by Gasteiger charge is 2.25. The molecule has 7 nitrogen and oxygen atoms in total. The molecule has 0 fully saturated rings.